The second kappa shape index (κ2) is 7.93. The van der Waals surface area contributed by atoms with Gasteiger partial charge in [-0.05, 0) is 31.0 Å². The standard InChI is InChI=1S/C21H22N8O3/c1-11(30)23-14-3-2-4-15(8-14)24-17-9-18(25-13-5-6-13)29-19(27-17)12(10-22-29)7-16-20(31)28-21(32)26-16/h2-4,8-10,13,21,25,32H,5-7H2,1H3,(H,23,30)(H,24,27)(H,28,31). The van der Waals surface area contributed by atoms with E-state index >= 15 is 0 Å². The van der Waals surface area contributed by atoms with Crippen molar-refractivity contribution in [2.24, 2.45) is 4.99 Å². The number of rotatable bonds is 7. The second-order valence-electron chi connectivity index (χ2n) is 7.84. The van der Waals surface area contributed by atoms with Crippen LogP contribution in [0.1, 0.15) is 25.3 Å². The molecule has 1 atom stereocenters. The number of anilines is 4. The van der Waals surface area contributed by atoms with Gasteiger partial charge in [-0.3, -0.25) is 9.59 Å². The highest BCUT2D eigenvalue weighted by atomic mass is 16.3. The van der Waals surface area contributed by atoms with Gasteiger partial charge in [0.05, 0.1) is 6.20 Å². The lowest BCUT2D eigenvalue weighted by molar-refractivity contribution is -0.116. The van der Waals surface area contributed by atoms with E-state index in [-0.39, 0.29) is 18.0 Å². The van der Waals surface area contributed by atoms with Crippen molar-refractivity contribution < 1.29 is 14.7 Å². The van der Waals surface area contributed by atoms with Crippen LogP contribution in [0.5, 0.6) is 0 Å². The van der Waals surface area contributed by atoms with Gasteiger partial charge in [-0.1, -0.05) is 6.07 Å². The van der Waals surface area contributed by atoms with Gasteiger partial charge in [0.1, 0.15) is 17.3 Å². The predicted molar refractivity (Wildman–Crippen MR) is 119 cm³/mol. The number of amides is 2. The van der Waals surface area contributed by atoms with Crippen LogP contribution in [0, 0.1) is 0 Å². The molecule has 2 aliphatic rings. The first-order chi connectivity index (χ1) is 15.4. The maximum atomic E-state index is 12.0. The molecule has 5 rings (SSSR count). The predicted octanol–water partition coefficient (Wildman–Crippen LogP) is 1.39. The van der Waals surface area contributed by atoms with Crippen LogP contribution in [0.15, 0.2) is 41.5 Å². The summed E-state index contributed by atoms with van der Waals surface area (Å²) in [7, 11) is 0. The van der Waals surface area contributed by atoms with Crippen LogP contribution in [-0.4, -0.2) is 49.6 Å². The Morgan fingerprint density at radius 2 is 2.09 bits per heavy atom. The molecule has 11 heteroatoms. The number of aliphatic imine (C=N–C) groups is 1. The fourth-order valence-electron chi connectivity index (χ4n) is 3.51. The molecule has 3 heterocycles. The van der Waals surface area contributed by atoms with E-state index in [1.54, 1.807) is 16.8 Å². The highest BCUT2D eigenvalue weighted by molar-refractivity contribution is 6.40. The van der Waals surface area contributed by atoms with Crippen LogP contribution in [0.2, 0.25) is 0 Å². The zero-order chi connectivity index (χ0) is 22.2. The normalized spacial score (nSPS) is 17.8. The molecule has 0 saturated heterocycles. The van der Waals surface area contributed by atoms with Gasteiger partial charge in [0.2, 0.25) is 12.3 Å². The molecule has 1 aliphatic carbocycles. The third-order valence-electron chi connectivity index (χ3n) is 5.09. The second-order valence-corrected chi connectivity index (χ2v) is 7.84. The van der Waals surface area contributed by atoms with Gasteiger partial charge in [0.15, 0.2) is 5.65 Å². The van der Waals surface area contributed by atoms with Crippen LogP contribution in [-0.2, 0) is 16.0 Å². The number of aromatic nitrogens is 3. The summed E-state index contributed by atoms with van der Waals surface area (Å²) < 4.78 is 1.70. The molecule has 2 aromatic heterocycles. The lowest BCUT2D eigenvalue weighted by atomic mass is 10.1. The minimum absolute atomic E-state index is 0.148. The molecule has 1 saturated carbocycles. The van der Waals surface area contributed by atoms with Crippen molar-refractivity contribution in [3.63, 3.8) is 0 Å². The van der Waals surface area contributed by atoms with Crippen LogP contribution >= 0.6 is 0 Å². The average Bonchev–Trinajstić information content (AvgIpc) is 3.36. The third-order valence-corrected chi connectivity index (χ3v) is 5.09. The number of aliphatic hydroxyl groups excluding tert-OH is 1. The van der Waals surface area contributed by atoms with E-state index in [0.717, 1.165) is 24.3 Å². The van der Waals surface area contributed by atoms with E-state index in [1.807, 2.05) is 24.3 Å². The zero-order valence-electron chi connectivity index (χ0n) is 17.3. The highest BCUT2D eigenvalue weighted by Gasteiger charge is 2.26. The first-order valence-corrected chi connectivity index (χ1v) is 10.3. The molecule has 1 fully saturated rings. The van der Waals surface area contributed by atoms with Gasteiger partial charge >= 0.3 is 0 Å². The fraction of sp³-hybridized carbons (Fsp3) is 0.286. The minimum atomic E-state index is -1.22. The number of nitrogens with one attached hydrogen (secondary N) is 4. The molecule has 1 aliphatic heterocycles. The topological polar surface area (TPSA) is 145 Å². The van der Waals surface area contributed by atoms with Crippen molar-refractivity contribution in [1.29, 1.82) is 0 Å². The molecule has 1 aromatic carbocycles. The number of carbonyl (C=O) groups is 2. The lowest BCUT2D eigenvalue weighted by Gasteiger charge is -2.12. The van der Waals surface area contributed by atoms with Crippen molar-refractivity contribution in [2.75, 3.05) is 16.0 Å². The molecule has 0 bridgehead atoms. The Balaban J connectivity index is 1.49. The van der Waals surface area contributed by atoms with Gasteiger partial charge in [0.25, 0.3) is 5.91 Å². The van der Waals surface area contributed by atoms with E-state index in [1.165, 1.54) is 6.92 Å². The molecule has 0 radical (unpaired) electrons. The lowest BCUT2D eigenvalue weighted by Crippen LogP contribution is -2.29. The maximum Gasteiger partial charge on any atom is 0.269 e. The molecular formula is C21H22N8O3. The summed E-state index contributed by atoms with van der Waals surface area (Å²) in [6.45, 7) is 1.46. The van der Waals surface area contributed by atoms with Crippen LogP contribution in [0.25, 0.3) is 5.65 Å². The maximum absolute atomic E-state index is 12.0. The summed E-state index contributed by atoms with van der Waals surface area (Å²) in [5.74, 6) is 0.810. The molecule has 1 unspecified atom stereocenters. The van der Waals surface area contributed by atoms with Crippen molar-refractivity contribution >= 4 is 46.2 Å². The number of fused-ring (bicyclic) bond motifs is 1. The number of nitrogens with zero attached hydrogens (tertiary/aromatic N) is 4. The monoisotopic (exact) mass is 434 g/mol. The fourth-order valence-corrected chi connectivity index (χ4v) is 3.51. The number of hydrogen-bond acceptors (Lipinski definition) is 8. The smallest absolute Gasteiger partial charge is 0.269 e. The van der Waals surface area contributed by atoms with E-state index in [0.29, 0.717) is 28.8 Å². The largest absolute Gasteiger partial charge is 0.367 e. The molecule has 2 amide bonds. The number of aliphatic hydroxyl groups is 1. The summed E-state index contributed by atoms with van der Waals surface area (Å²) in [4.78, 5) is 32.0. The Morgan fingerprint density at radius 3 is 2.81 bits per heavy atom. The van der Waals surface area contributed by atoms with Crippen LogP contribution in [0.3, 0.4) is 0 Å². The minimum Gasteiger partial charge on any atom is -0.367 e. The van der Waals surface area contributed by atoms with Crippen molar-refractivity contribution in [1.82, 2.24) is 19.9 Å². The summed E-state index contributed by atoms with van der Waals surface area (Å²) in [6, 6.07) is 9.60. The molecule has 5 N–H and O–H groups in total. The SMILES string of the molecule is CC(=O)Nc1cccc(Nc2cc(NC3CC3)n3ncc(CC4=NC(O)NC4=O)c3n2)c1. The van der Waals surface area contributed by atoms with Crippen molar-refractivity contribution in [3.05, 3.63) is 42.1 Å². The van der Waals surface area contributed by atoms with Crippen molar-refractivity contribution in [3.8, 4) is 0 Å². The Labute approximate surface area is 182 Å². The summed E-state index contributed by atoms with van der Waals surface area (Å²) >= 11 is 0. The first kappa shape index (κ1) is 19.9. The van der Waals surface area contributed by atoms with Crippen LogP contribution in [0.4, 0.5) is 23.0 Å². The number of benzene rings is 1. The Morgan fingerprint density at radius 1 is 1.28 bits per heavy atom. The summed E-state index contributed by atoms with van der Waals surface area (Å²) in [5, 5.41) is 25.8. The third kappa shape index (κ3) is 4.23. The summed E-state index contributed by atoms with van der Waals surface area (Å²) in [6.07, 6.45) is 2.82. The van der Waals surface area contributed by atoms with Gasteiger partial charge in [0, 0.05) is 42.4 Å². The molecule has 11 nitrogen and oxygen atoms in total. The molecule has 164 valence electrons. The molecule has 0 spiro atoms. The zero-order valence-corrected chi connectivity index (χ0v) is 17.3. The average molecular weight is 434 g/mol. The van der Waals surface area contributed by atoms with Crippen molar-refractivity contribution in [2.45, 2.75) is 38.6 Å². The summed E-state index contributed by atoms with van der Waals surface area (Å²) in [5.41, 5.74) is 2.95. The van der Waals surface area contributed by atoms with E-state index in [9.17, 15) is 14.7 Å². The van der Waals surface area contributed by atoms with Crippen LogP contribution < -0.4 is 21.3 Å². The van der Waals surface area contributed by atoms with E-state index in [4.69, 9.17) is 4.98 Å². The number of carbonyl (C=O) groups excluding carboxylic acids is 2. The van der Waals surface area contributed by atoms with Gasteiger partial charge in [-0.15, -0.1) is 0 Å². The Hall–Kier alpha value is -3.99. The molecule has 3 aromatic rings. The quantitative estimate of drug-likeness (QED) is 0.378. The number of hydrogen-bond donors (Lipinski definition) is 5. The molecular weight excluding hydrogens is 412 g/mol. The Kier molecular flexibility index (Phi) is 4.94. The highest BCUT2D eigenvalue weighted by Crippen LogP contribution is 2.28. The molecule has 32 heavy (non-hydrogen) atoms. The van der Waals surface area contributed by atoms with E-state index in [2.05, 4.69) is 31.4 Å². The van der Waals surface area contributed by atoms with Gasteiger partial charge in [-0.2, -0.15) is 9.61 Å². The van der Waals surface area contributed by atoms with Gasteiger partial charge in [-0.25, -0.2) is 9.98 Å². The Bertz CT molecular complexity index is 1250. The van der Waals surface area contributed by atoms with Gasteiger partial charge < -0.3 is 26.4 Å². The first-order valence-electron chi connectivity index (χ1n) is 10.3. The van der Waals surface area contributed by atoms with E-state index < -0.39 is 12.3 Å².